The lowest BCUT2D eigenvalue weighted by Gasteiger charge is -2.13. The number of halogens is 1. The molecule has 3 nitrogen and oxygen atoms in total. The molecule has 0 fully saturated rings. The number of hydrogen-bond acceptors (Lipinski definition) is 2. The number of benzene rings is 1. The Morgan fingerprint density at radius 2 is 1.94 bits per heavy atom. The third-order valence-electron chi connectivity index (χ3n) is 2.77. The summed E-state index contributed by atoms with van der Waals surface area (Å²) in [6.07, 6.45) is 0.277. The molecule has 0 radical (unpaired) electrons. The van der Waals surface area contributed by atoms with Crippen LogP contribution in [-0.2, 0) is 11.2 Å². The summed E-state index contributed by atoms with van der Waals surface area (Å²) in [7, 11) is 0. The lowest BCUT2D eigenvalue weighted by Crippen LogP contribution is -2.12. The summed E-state index contributed by atoms with van der Waals surface area (Å²) < 4.78 is 0. The molecule has 0 aromatic heterocycles. The summed E-state index contributed by atoms with van der Waals surface area (Å²) in [6, 6.07) is 3.28. The highest BCUT2D eigenvalue weighted by Gasteiger charge is 2.16. The van der Waals surface area contributed by atoms with Crippen molar-refractivity contribution in [2.75, 3.05) is 0 Å². The van der Waals surface area contributed by atoms with Crippen LogP contribution in [0.2, 0.25) is 5.02 Å². The van der Waals surface area contributed by atoms with Gasteiger partial charge in [0, 0.05) is 5.02 Å². The van der Waals surface area contributed by atoms with E-state index in [1.807, 2.05) is 13.8 Å². The third kappa shape index (κ3) is 3.37. The van der Waals surface area contributed by atoms with Crippen molar-refractivity contribution in [3.63, 3.8) is 0 Å². The lowest BCUT2D eigenvalue weighted by molar-refractivity contribution is -0.141. The average molecular weight is 257 g/mol. The first kappa shape index (κ1) is 13.8. The number of aliphatic carboxylic acids is 1. The maximum absolute atomic E-state index is 10.8. The molecule has 1 aromatic carbocycles. The van der Waals surface area contributed by atoms with Gasteiger partial charge in [0.1, 0.15) is 5.75 Å². The van der Waals surface area contributed by atoms with E-state index in [-0.39, 0.29) is 18.1 Å². The van der Waals surface area contributed by atoms with Crippen LogP contribution >= 0.6 is 11.6 Å². The fourth-order valence-electron chi connectivity index (χ4n) is 1.64. The van der Waals surface area contributed by atoms with Crippen LogP contribution in [0.25, 0.3) is 0 Å². The van der Waals surface area contributed by atoms with Crippen LogP contribution in [0.3, 0.4) is 0 Å². The monoisotopic (exact) mass is 256 g/mol. The highest BCUT2D eigenvalue weighted by Crippen LogP contribution is 2.32. The molecular formula is C13H17ClO3. The molecule has 0 spiro atoms. The van der Waals surface area contributed by atoms with Crippen molar-refractivity contribution in [1.29, 1.82) is 0 Å². The predicted octanol–water partition coefficient (Wildman–Crippen LogP) is 3.43. The second kappa shape index (κ2) is 5.41. The number of rotatable bonds is 4. The zero-order valence-electron chi connectivity index (χ0n) is 10.2. The summed E-state index contributed by atoms with van der Waals surface area (Å²) in [5, 5.41) is 19.2. The van der Waals surface area contributed by atoms with E-state index in [0.717, 1.165) is 5.56 Å². The second-order valence-electron chi connectivity index (χ2n) is 4.60. The molecule has 0 aliphatic heterocycles. The van der Waals surface area contributed by atoms with Gasteiger partial charge >= 0.3 is 5.97 Å². The van der Waals surface area contributed by atoms with Crippen molar-refractivity contribution in [2.24, 2.45) is 5.92 Å². The smallest absolute Gasteiger partial charge is 0.306 e. The Morgan fingerprint density at radius 1 is 1.35 bits per heavy atom. The van der Waals surface area contributed by atoms with E-state index < -0.39 is 11.9 Å². The number of phenolic OH excluding ortho intramolecular Hbond substituents is 1. The molecule has 1 rings (SSSR count). The average Bonchev–Trinajstić information content (AvgIpc) is 2.22. The number of carbonyl (C=O) groups is 1. The minimum absolute atomic E-state index is 0.117. The van der Waals surface area contributed by atoms with Gasteiger partial charge in [-0.1, -0.05) is 32.4 Å². The van der Waals surface area contributed by atoms with Gasteiger partial charge in [-0.15, -0.1) is 0 Å². The zero-order valence-corrected chi connectivity index (χ0v) is 11.0. The van der Waals surface area contributed by atoms with Gasteiger partial charge in [0.25, 0.3) is 0 Å². The van der Waals surface area contributed by atoms with Crippen LogP contribution in [0.15, 0.2) is 12.1 Å². The standard InChI is InChI=1S/C13H17ClO3/c1-7(2)10-6-12(15)9(5-11(10)14)4-8(3)13(16)17/h5-8,15H,4H2,1-3H3,(H,16,17). The summed E-state index contributed by atoms with van der Waals surface area (Å²) in [5.41, 5.74) is 1.45. The fraction of sp³-hybridized carbons (Fsp3) is 0.462. The quantitative estimate of drug-likeness (QED) is 0.868. The van der Waals surface area contributed by atoms with Crippen molar-refractivity contribution >= 4 is 17.6 Å². The van der Waals surface area contributed by atoms with Crippen molar-refractivity contribution < 1.29 is 15.0 Å². The zero-order chi connectivity index (χ0) is 13.2. The first-order chi connectivity index (χ1) is 7.82. The van der Waals surface area contributed by atoms with Crippen LogP contribution in [0.5, 0.6) is 5.75 Å². The molecule has 4 heteroatoms. The van der Waals surface area contributed by atoms with Gasteiger partial charge in [0.05, 0.1) is 5.92 Å². The molecule has 17 heavy (non-hydrogen) atoms. The van der Waals surface area contributed by atoms with Crippen LogP contribution in [0, 0.1) is 5.92 Å². The summed E-state index contributed by atoms with van der Waals surface area (Å²) in [5.74, 6) is -1.08. The molecule has 0 aliphatic rings. The molecule has 1 unspecified atom stereocenters. The van der Waals surface area contributed by atoms with E-state index in [1.165, 1.54) is 0 Å². The van der Waals surface area contributed by atoms with E-state index in [0.29, 0.717) is 10.6 Å². The molecule has 0 heterocycles. The van der Waals surface area contributed by atoms with E-state index in [9.17, 15) is 9.90 Å². The number of phenols is 1. The Hall–Kier alpha value is -1.22. The normalized spacial score (nSPS) is 12.8. The SMILES string of the molecule is CC(Cc1cc(Cl)c(C(C)C)cc1O)C(=O)O. The number of hydrogen-bond donors (Lipinski definition) is 2. The maximum Gasteiger partial charge on any atom is 0.306 e. The largest absolute Gasteiger partial charge is 0.508 e. The Bertz CT molecular complexity index is 427. The summed E-state index contributed by atoms with van der Waals surface area (Å²) in [4.78, 5) is 10.8. The number of carboxylic acid groups (broad SMARTS) is 1. The van der Waals surface area contributed by atoms with Crippen LogP contribution in [0.4, 0.5) is 0 Å². The van der Waals surface area contributed by atoms with Gasteiger partial charge in [-0.3, -0.25) is 4.79 Å². The molecule has 0 saturated carbocycles. The lowest BCUT2D eigenvalue weighted by atomic mass is 9.96. The molecule has 1 atom stereocenters. The van der Waals surface area contributed by atoms with E-state index >= 15 is 0 Å². The second-order valence-corrected chi connectivity index (χ2v) is 5.01. The van der Waals surface area contributed by atoms with Crippen molar-refractivity contribution in [3.05, 3.63) is 28.3 Å². The first-order valence-corrected chi connectivity index (χ1v) is 5.94. The summed E-state index contributed by atoms with van der Waals surface area (Å²) >= 11 is 6.10. The van der Waals surface area contributed by atoms with Gasteiger partial charge in [0.2, 0.25) is 0 Å². The topological polar surface area (TPSA) is 57.5 Å². The van der Waals surface area contributed by atoms with Crippen molar-refractivity contribution in [2.45, 2.75) is 33.1 Å². The minimum Gasteiger partial charge on any atom is -0.508 e. The van der Waals surface area contributed by atoms with Crippen LogP contribution < -0.4 is 0 Å². The molecule has 94 valence electrons. The Labute approximate surface area is 106 Å². The Morgan fingerprint density at radius 3 is 2.41 bits per heavy atom. The van der Waals surface area contributed by atoms with Crippen molar-refractivity contribution in [3.8, 4) is 5.75 Å². The first-order valence-electron chi connectivity index (χ1n) is 5.57. The van der Waals surface area contributed by atoms with E-state index in [1.54, 1.807) is 19.1 Å². The van der Waals surface area contributed by atoms with E-state index in [4.69, 9.17) is 16.7 Å². The highest BCUT2D eigenvalue weighted by molar-refractivity contribution is 6.31. The van der Waals surface area contributed by atoms with Crippen LogP contribution in [0.1, 0.15) is 37.8 Å². The van der Waals surface area contributed by atoms with Crippen molar-refractivity contribution in [1.82, 2.24) is 0 Å². The van der Waals surface area contributed by atoms with Crippen LogP contribution in [-0.4, -0.2) is 16.2 Å². The fourth-order valence-corrected chi connectivity index (χ4v) is 2.05. The van der Waals surface area contributed by atoms with Gasteiger partial charge in [-0.2, -0.15) is 0 Å². The van der Waals surface area contributed by atoms with E-state index in [2.05, 4.69) is 0 Å². The van der Waals surface area contributed by atoms with Gasteiger partial charge < -0.3 is 10.2 Å². The van der Waals surface area contributed by atoms with Gasteiger partial charge in [0.15, 0.2) is 0 Å². The van der Waals surface area contributed by atoms with Gasteiger partial charge in [-0.05, 0) is 35.6 Å². The Kier molecular flexibility index (Phi) is 4.40. The van der Waals surface area contributed by atoms with Gasteiger partial charge in [-0.25, -0.2) is 0 Å². The molecule has 0 bridgehead atoms. The molecular weight excluding hydrogens is 240 g/mol. The minimum atomic E-state index is -0.881. The number of aromatic hydroxyl groups is 1. The summed E-state index contributed by atoms with van der Waals surface area (Å²) in [6.45, 7) is 5.58. The maximum atomic E-state index is 10.8. The molecule has 1 aromatic rings. The Balaban J connectivity index is 3.03. The molecule has 0 saturated heterocycles. The molecule has 0 aliphatic carbocycles. The molecule has 2 N–H and O–H groups in total. The molecule has 0 amide bonds. The predicted molar refractivity (Wildman–Crippen MR) is 67.7 cm³/mol. The third-order valence-corrected chi connectivity index (χ3v) is 3.09. The highest BCUT2D eigenvalue weighted by atomic mass is 35.5. The number of carboxylic acids is 1.